The number of aryl methyl sites for hydroxylation is 1. The zero-order valence-corrected chi connectivity index (χ0v) is 13.1. The highest BCUT2D eigenvalue weighted by Gasteiger charge is 2.24. The van der Waals surface area contributed by atoms with Crippen LogP contribution in [-0.4, -0.2) is 18.4 Å². The summed E-state index contributed by atoms with van der Waals surface area (Å²) < 4.78 is 27.5. The van der Waals surface area contributed by atoms with Crippen LogP contribution in [0.4, 0.5) is 0 Å². The van der Waals surface area contributed by atoms with E-state index in [1.165, 1.54) is 0 Å². The second kappa shape index (κ2) is 5.71. The number of benzene rings is 1. The van der Waals surface area contributed by atoms with Gasteiger partial charge in [0.25, 0.3) is 0 Å². The fourth-order valence-corrected chi connectivity index (χ4v) is 4.13. The van der Waals surface area contributed by atoms with Gasteiger partial charge in [-0.2, -0.15) is 0 Å². The van der Waals surface area contributed by atoms with Crippen LogP contribution in [0.25, 0.3) is 0 Å². The van der Waals surface area contributed by atoms with Gasteiger partial charge in [0.2, 0.25) is 10.0 Å². The lowest BCUT2D eigenvalue weighted by molar-refractivity contribution is 0.559. The van der Waals surface area contributed by atoms with Crippen LogP contribution < -0.4 is 4.72 Å². The highest BCUT2D eigenvalue weighted by molar-refractivity contribution is 14.1. The molecule has 1 aromatic carbocycles. The van der Waals surface area contributed by atoms with Gasteiger partial charge in [-0.3, -0.25) is 0 Å². The van der Waals surface area contributed by atoms with Gasteiger partial charge < -0.3 is 0 Å². The molecule has 0 radical (unpaired) electrons. The molecule has 98 valence electrons. The lowest BCUT2D eigenvalue weighted by atomic mass is 10.0. The number of halogens is 1. The maximum absolute atomic E-state index is 12.2. The summed E-state index contributed by atoms with van der Waals surface area (Å²) in [4.78, 5) is 0.329. The van der Waals surface area contributed by atoms with E-state index < -0.39 is 10.0 Å². The zero-order chi connectivity index (χ0) is 13.2. The first-order chi connectivity index (χ1) is 8.49. The molecule has 0 bridgehead atoms. The SMILES string of the molecule is Cc1ccc(S(=O)(=O)N[C@@H]2C=CCC[C@H]2I)cc1. The highest BCUT2D eigenvalue weighted by Crippen LogP contribution is 2.21. The molecule has 1 aromatic rings. The molecule has 1 aliphatic rings. The van der Waals surface area contributed by atoms with E-state index in [1.54, 1.807) is 12.1 Å². The largest absolute Gasteiger partial charge is 0.241 e. The Bertz CT molecular complexity index is 537. The summed E-state index contributed by atoms with van der Waals surface area (Å²) in [5, 5.41) is 0. The van der Waals surface area contributed by atoms with E-state index in [4.69, 9.17) is 0 Å². The van der Waals surface area contributed by atoms with Gasteiger partial charge in [-0.15, -0.1) is 0 Å². The van der Waals surface area contributed by atoms with Crippen LogP contribution in [-0.2, 0) is 10.0 Å². The molecule has 5 heteroatoms. The van der Waals surface area contributed by atoms with Crippen LogP contribution in [0.5, 0.6) is 0 Å². The normalized spacial score (nSPS) is 24.1. The fraction of sp³-hybridized carbons (Fsp3) is 0.385. The van der Waals surface area contributed by atoms with Gasteiger partial charge in [0.15, 0.2) is 0 Å². The van der Waals surface area contributed by atoms with Crippen LogP contribution in [0, 0.1) is 6.92 Å². The standard InChI is InChI=1S/C13H16INO2S/c1-10-6-8-11(9-7-10)18(16,17)15-13-5-3-2-4-12(13)14/h3,5-9,12-13,15H,2,4H2,1H3/t12-,13-/m1/s1. The topological polar surface area (TPSA) is 46.2 Å². The molecule has 1 N–H and O–H groups in total. The van der Waals surface area contributed by atoms with Crippen molar-refractivity contribution >= 4 is 32.6 Å². The minimum Gasteiger partial charge on any atom is -0.207 e. The first kappa shape index (κ1) is 14.0. The van der Waals surface area contributed by atoms with Crippen molar-refractivity contribution in [1.82, 2.24) is 4.72 Å². The Hall–Kier alpha value is -0.400. The number of hydrogen-bond donors (Lipinski definition) is 1. The average molecular weight is 377 g/mol. The Kier molecular flexibility index (Phi) is 4.45. The van der Waals surface area contributed by atoms with E-state index in [-0.39, 0.29) is 6.04 Å². The van der Waals surface area contributed by atoms with Crippen LogP contribution in [0.1, 0.15) is 18.4 Å². The average Bonchev–Trinajstić information content (AvgIpc) is 2.32. The smallest absolute Gasteiger partial charge is 0.207 e. The van der Waals surface area contributed by atoms with Crippen molar-refractivity contribution in [3.05, 3.63) is 42.0 Å². The van der Waals surface area contributed by atoms with Gasteiger partial charge in [-0.25, -0.2) is 13.1 Å². The Labute approximate surface area is 122 Å². The van der Waals surface area contributed by atoms with E-state index in [9.17, 15) is 8.42 Å². The van der Waals surface area contributed by atoms with Crippen molar-refractivity contribution in [2.75, 3.05) is 0 Å². The minimum atomic E-state index is -3.42. The molecule has 2 atom stereocenters. The molecule has 0 saturated heterocycles. The molecular formula is C13H16INO2S. The molecule has 0 amide bonds. The fourth-order valence-electron chi connectivity index (χ4n) is 1.88. The maximum Gasteiger partial charge on any atom is 0.241 e. The third-order valence-corrected chi connectivity index (χ3v) is 5.84. The van der Waals surface area contributed by atoms with Gasteiger partial charge in [-0.05, 0) is 31.9 Å². The lowest BCUT2D eigenvalue weighted by Crippen LogP contribution is -2.40. The summed E-state index contributed by atoms with van der Waals surface area (Å²) in [5.41, 5.74) is 1.05. The minimum absolute atomic E-state index is 0.106. The molecule has 1 aliphatic carbocycles. The third-order valence-electron chi connectivity index (χ3n) is 2.96. The van der Waals surface area contributed by atoms with Crippen LogP contribution in [0.15, 0.2) is 41.3 Å². The first-order valence-electron chi connectivity index (χ1n) is 5.89. The van der Waals surface area contributed by atoms with Gasteiger partial charge >= 0.3 is 0 Å². The van der Waals surface area contributed by atoms with Crippen molar-refractivity contribution in [1.29, 1.82) is 0 Å². The number of sulfonamides is 1. The van der Waals surface area contributed by atoms with Crippen molar-refractivity contribution < 1.29 is 8.42 Å². The van der Waals surface area contributed by atoms with E-state index in [1.807, 2.05) is 31.2 Å². The molecule has 18 heavy (non-hydrogen) atoms. The maximum atomic E-state index is 12.2. The van der Waals surface area contributed by atoms with Gasteiger partial charge in [0, 0.05) is 3.92 Å². The summed E-state index contributed by atoms with van der Waals surface area (Å²) in [6, 6.07) is 6.81. The monoisotopic (exact) mass is 377 g/mol. The molecule has 0 spiro atoms. The van der Waals surface area contributed by atoms with E-state index in [0.717, 1.165) is 18.4 Å². The second-order valence-electron chi connectivity index (χ2n) is 4.48. The lowest BCUT2D eigenvalue weighted by Gasteiger charge is -2.23. The molecule has 0 fully saturated rings. The Morgan fingerprint density at radius 3 is 2.56 bits per heavy atom. The number of rotatable bonds is 3. The molecule has 2 rings (SSSR count). The van der Waals surface area contributed by atoms with E-state index >= 15 is 0 Å². The number of nitrogens with one attached hydrogen (secondary N) is 1. The number of hydrogen-bond acceptors (Lipinski definition) is 2. The molecular weight excluding hydrogens is 361 g/mol. The summed E-state index contributed by atoms with van der Waals surface area (Å²) in [6.07, 6.45) is 6.03. The van der Waals surface area contributed by atoms with Gasteiger partial charge in [-0.1, -0.05) is 52.4 Å². The third kappa shape index (κ3) is 3.33. The molecule has 0 aromatic heterocycles. The quantitative estimate of drug-likeness (QED) is 0.500. The Morgan fingerprint density at radius 1 is 1.28 bits per heavy atom. The van der Waals surface area contributed by atoms with Crippen molar-refractivity contribution in [2.45, 2.75) is 34.6 Å². The highest BCUT2D eigenvalue weighted by atomic mass is 127. The Balaban J connectivity index is 2.19. The van der Waals surface area contributed by atoms with Crippen LogP contribution in [0.2, 0.25) is 0 Å². The van der Waals surface area contributed by atoms with Crippen molar-refractivity contribution in [3.63, 3.8) is 0 Å². The second-order valence-corrected chi connectivity index (χ2v) is 7.80. The van der Waals surface area contributed by atoms with Crippen LogP contribution >= 0.6 is 22.6 Å². The predicted octanol–water partition coefficient (Wildman–Crippen LogP) is 2.80. The van der Waals surface area contributed by atoms with Crippen LogP contribution in [0.3, 0.4) is 0 Å². The van der Waals surface area contributed by atoms with Gasteiger partial charge in [0.05, 0.1) is 10.9 Å². The van der Waals surface area contributed by atoms with E-state index in [0.29, 0.717) is 8.82 Å². The van der Waals surface area contributed by atoms with Crippen molar-refractivity contribution in [3.8, 4) is 0 Å². The Morgan fingerprint density at radius 2 is 1.94 bits per heavy atom. The molecule has 0 heterocycles. The zero-order valence-electron chi connectivity index (χ0n) is 10.1. The predicted molar refractivity (Wildman–Crippen MR) is 81.5 cm³/mol. The van der Waals surface area contributed by atoms with E-state index in [2.05, 4.69) is 27.3 Å². The summed E-state index contributed by atoms with van der Waals surface area (Å²) in [5.74, 6) is 0. The molecule has 0 aliphatic heterocycles. The summed E-state index contributed by atoms with van der Waals surface area (Å²) in [6.45, 7) is 1.94. The first-order valence-corrected chi connectivity index (χ1v) is 8.62. The molecule has 3 nitrogen and oxygen atoms in total. The number of allylic oxidation sites excluding steroid dienone is 1. The summed E-state index contributed by atoms with van der Waals surface area (Å²) >= 11 is 2.31. The van der Waals surface area contributed by atoms with Gasteiger partial charge in [0.1, 0.15) is 0 Å². The molecule has 0 unspecified atom stereocenters. The molecule has 0 saturated carbocycles. The summed E-state index contributed by atoms with van der Waals surface area (Å²) in [7, 11) is -3.42. The van der Waals surface area contributed by atoms with Crippen molar-refractivity contribution in [2.24, 2.45) is 0 Å². The number of alkyl halides is 1.